The summed E-state index contributed by atoms with van der Waals surface area (Å²) in [7, 11) is 0. The molecule has 0 saturated carbocycles. The molecule has 1 unspecified atom stereocenters. The Bertz CT molecular complexity index is 1280. The van der Waals surface area contributed by atoms with Crippen molar-refractivity contribution in [1.82, 2.24) is 5.32 Å². The van der Waals surface area contributed by atoms with Gasteiger partial charge in [-0.2, -0.15) is 0 Å². The Morgan fingerprint density at radius 3 is 2.59 bits per heavy atom. The highest BCUT2D eigenvalue weighted by molar-refractivity contribution is 6.33. The monoisotopic (exact) mass is 448 g/mol. The number of amides is 3. The molecule has 3 aromatic rings. The molecule has 0 saturated heterocycles. The summed E-state index contributed by atoms with van der Waals surface area (Å²) in [5, 5.41) is 5.61. The zero-order valence-corrected chi connectivity index (χ0v) is 17.6. The molecule has 0 bridgehead atoms. The van der Waals surface area contributed by atoms with E-state index in [0.717, 1.165) is 11.3 Å². The van der Waals surface area contributed by atoms with Crippen LogP contribution in [0.3, 0.4) is 0 Å². The van der Waals surface area contributed by atoms with Gasteiger partial charge in [0, 0.05) is 17.7 Å². The van der Waals surface area contributed by atoms with E-state index in [2.05, 4.69) is 15.6 Å². The lowest BCUT2D eigenvalue weighted by atomic mass is 9.98. The van der Waals surface area contributed by atoms with E-state index in [1.165, 1.54) is 6.07 Å². The van der Waals surface area contributed by atoms with Crippen LogP contribution in [0.1, 0.15) is 16.7 Å². The number of carbonyl (C=O) groups excluding carboxylic acids is 2. The molecule has 8 heteroatoms. The van der Waals surface area contributed by atoms with Gasteiger partial charge in [-0.1, -0.05) is 54.1 Å². The first-order chi connectivity index (χ1) is 15.5. The fourth-order valence-electron chi connectivity index (χ4n) is 4.08. The van der Waals surface area contributed by atoms with Gasteiger partial charge in [0.2, 0.25) is 6.17 Å². The van der Waals surface area contributed by atoms with Gasteiger partial charge in [-0.15, -0.1) is 0 Å². The second-order valence-corrected chi connectivity index (χ2v) is 7.90. The predicted octanol–water partition coefficient (Wildman–Crippen LogP) is 4.37. The van der Waals surface area contributed by atoms with Gasteiger partial charge in [0.05, 0.1) is 22.1 Å². The molecule has 0 fully saturated rings. The molecule has 2 aliphatic rings. The Labute approximate surface area is 188 Å². The Morgan fingerprint density at radius 1 is 1.03 bits per heavy atom. The molecule has 0 aliphatic carbocycles. The fraction of sp³-hybridized carbons (Fsp3) is 0.125. The topological polar surface area (TPSA) is 73.8 Å². The highest BCUT2D eigenvalue weighted by Crippen LogP contribution is 2.36. The number of urea groups is 1. The van der Waals surface area contributed by atoms with Gasteiger partial charge in [-0.05, 0) is 36.2 Å². The third-order valence-corrected chi connectivity index (χ3v) is 5.86. The number of rotatable bonds is 3. The first-order valence-corrected chi connectivity index (χ1v) is 10.5. The van der Waals surface area contributed by atoms with Gasteiger partial charge in [0.1, 0.15) is 5.82 Å². The Kier molecular flexibility index (Phi) is 5.11. The standard InChI is InChI=1S/C24H18ClFN4O2/c25-17-9-2-4-11-19(17)27-24(32)29-22-23(31)30-13-12-14-6-5-8-16(21(14)30)20(28-22)15-7-1-3-10-18(15)26/h1-11,22H,12-13H2,(H2,27,29,32). The average Bonchev–Trinajstić information content (AvgIpc) is 3.18. The largest absolute Gasteiger partial charge is 0.321 e. The van der Waals surface area contributed by atoms with E-state index in [-0.39, 0.29) is 11.5 Å². The number of hydrogen-bond donors (Lipinski definition) is 2. The van der Waals surface area contributed by atoms with E-state index in [0.29, 0.717) is 35.0 Å². The minimum Gasteiger partial charge on any atom is -0.308 e. The van der Waals surface area contributed by atoms with Crippen LogP contribution >= 0.6 is 11.6 Å². The highest BCUT2D eigenvalue weighted by atomic mass is 35.5. The van der Waals surface area contributed by atoms with E-state index in [9.17, 15) is 14.0 Å². The molecule has 2 heterocycles. The van der Waals surface area contributed by atoms with Crippen LogP contribution in [0.5, 0.6) is 0 Å². The Morgan fingerprint density at radius 2 is 1.78 bits per heavy atom. The Balaban J connectivity index is 1.56. The SMILES string of the molecule is O=C(Nc1ccccc1Cl)NC1N=C(c2ccccc2F)c2cccc3c2N(CC3)C1=O. The van der Waals surface area contributed by atoms with E-state index in [1.807, 2.05) is 18.2 Å². The number of para-hydroxylation sites is 2. The highest BCUT2D eigenvalue weighted by Gasteiger charge is 2.37. The minimum absolute atomic E-state index is 0.265. The van der Waals surface area contributed by atoms with Crippen LogP contribution in [0.2, 0.25) is 5.02 Å². The number of hydrogen-bond acceptors (Lipinski definition) is 3. The number of halogens is 2. The van der Waals surface area contributed by atoms with Crippen LogP contribution in [-0.4, -0.2) is 30.4 Å². The van der Waals surface area contributed by atoms with E-state index in [4.69, 9.17) is 11.6 Å². The first kappa shape index (κ1) is 20.2. The van der Waals surface area contributed by atoms with Crippen LogP contribution < -0.4 is 15.5 Å². The molecule has 2 N–H and O–H groups in total. The van der Waals surface area contributed by atoms with Crippen molar-refractivity contribution >= 4 is 40.6 Å². The molecule has 0 spiro atoms. The van der Waals surface area contributed by atoms with Crippen LogP contribution in [-0.2, 0) is 11.2 Å². The molecule has 32 heavy (non-hydrogen) atoms. The summed E-state index contributed by atoms with van der Waals surface area (Å²) in [6, 6.07) is 18.0. The summed E-state index contributed by atoms with van der Waals surface area (Å²) in [4.78, 5) is 32.2. The summed E-state index contributed by atoms with van der Waals surface area (Å²) in [5.41, 5.74) is 3.35. The molecule has 0 aromatic heterocycles. The third-order valence-electron chi connectivity index (χ3n) is 5.53. The molecular formula is C24H18ClFN4O2. The van der Waals surface area contributed by atoms with Crippen molar-refractivity contribution in [1.29, 1.82) is 0 Å². The van der Waals surface area contributed by atoms with Crippen LogP contribution in [0.4, 0.5) is 20.6 Å². The zero-order chi connectivity index (χ0) is 22.2. The van der Waals surface area contributed by atoms with Gasteiger partial charge in [-0.25, -0.2) is 14.2 Å². The van der Waals surface area contributed by atoms with Gasteiger partial charge in [0.25, 0.3) is 5.91 Å². The van der Waals surface area contributed by atoms with Crippen molar-refractivity contribution in [2.75, 3.05) is 16.8 Å². The van der Waals surface area contributed by atoms with E-state index < -0.39 is 18.0 Å². The van der Waals surface area contributed by atoms with Crippen molar-refractivity contribution in [3.05, 3.63) is 94.3 Å². The van der Waals surface area contributed by atoms with Gasteiger partial charge in [-0.3, -0.25) is 4.79 Å². The molecule has 6 nitrogen and oxygen atoms in total. The average molecular weight is 449 g/mol. The quantitative estimate of drug-likeness (QED) is 0.624. The smallest absolute Gasteiger partial charge is 0.308 e. The van der Waals surface area contributed by atoms with E-state index in [1.54, 1.807) is 47.4 Å². The number of nitrogens with zero attached hydrogens (tertiary/aromatic N) is 2. The van der Waals surface area contributed by atoms with Crippen molar-refractivity contribution in [3.63, 3.8) is 0 Å². The van der Waals surface area contributed by atoms with Crippen LogP contribution in [0, 0.1) is 5.82 Å². The molecule has 5 rings (SSSR count). The number of anilines is 2. The summed E-state index contributed by atoms with van der Waals surface area (Å²) in [6.45, 7) is 0.468. The fourth-order valence-corrected chi connectivity index (χ4v) is 4.26. The molecular weight excluding hydrogens is 431 g/mol. The third kappa shape index (κ3) is 3.50. The predicted molar refractivity (Wildman–Crippen MR) is 122 cm³/mol. The summed E-state index contributed by atoms with van der Waals surface area (Å²) >= 11 is 6.11. The minimum atomic E-state index is -1.23. The molecule has 160 valence electrons. The number of benzene rings is 3. The Hall–Kier alpha value is -3.71. The number of aliphatic imine (C=N–C) groups is 1. The lowest BCUT2D eigenvalue weighted by Gasteiger charge is -2.21. The summed E-state index contributed by atoms with van der Waals surface area (Å²) < 4.78 is 14.7. The van der Waals surface area contributed by atoms with Crippen molar-refractivity contribution in [2.24, 2.45) is 4.99 Å². The van der Waals surface area contributed by atoms with Gasteiger partial charge >= 0.3 is 6.03 Å². The lowest BCUT2D eigenvalue weighted by molar-refractivity contribution is -0.120. The van der Waals surface area contributed by atoms with Crippen molar-refractivity contribution in [2.45, 2.75) is 12.6 Å². The number of nitrogens with one attached hydrogen (secondary N) is 2. The van der Waals surface area contributed by atoms with Gasteiger partial charge in [0.15, 0.2) is 0 Å². The maximum atomic E-state index is 14.7. The molecule has 3 aromatic carbocycles. The van der Waals surface area contributed by atoms with Crippen molar-refractivity contribution in [3.8, 4) is 0 Å². The number of carbonyl (C=O) groups is 2. The molecule has 2 aliphatic heterocycles. The second-order valence-electron chi connectivity index (χ2n) is 7.49. The van der Waals surface area contributed by atoms with Crippen LogP contribution in [0.25, 0.3) is 0 Å². The summed E-state index contributed by atoms with van der Waals surface area (Å²) in [6.07, 6.45) is -0.552. The molecule has 0 radical (unpaired) electrons. The summed E-state index contributed by atoms with van der Waals surface area (Å²) in [5.74, 6) is -0.834. The maximum absolute atomic E-state index is 14.7. The van der Waals surface area contributed by atoms with Crippen molar-refractivity contribution < 1.29 is 14.0 Å². The van der Waals surface area contributed by atoms with Gasteiger partial charge < -0.3 is 15.5 Å². The first-order valence-electron chi connectivity index (χ1n) is 10.1. The zero-order valence-electron chi connectivity index (χ0n) is 16.8. The normalized spacial score (nSPS) is 16.8. The lowest BCUT2D eigenvalue weighted by Crippen LogP contribution is -2.48. The second kappa shape index (κ2) is 8.09. The molecule has 3 amide bonds. The van der Waals surface area contributed by atoms with Crippen LogP contribution in [0.15, 0.2) is 71.7 Å². The molecule has 1 atom stereocenters. The van der Waals surface area contributed by atoms with E-state index >= 15 is 0 Å². The maximum Gasteiger partial charge on any atom is 0.321 e.